The Kier molecular flexibility index (Phi) is 20.7. The summed E-state index contributed by atoms with van der Waals surface area (Å²) >= 11 is 0. The average molecular weight is 1120 g/mol. The van der Waals surface area contributed by atoms with Crippen molar-refractivity contribution >= 4 is 35.4 Å². The fraction of sp³-hybridized carbons (Fsp3) is 0.548. The van der Waals surface area contributed by atoms with E-state index in [9.17, 15) is 28.8 Å². The summed E-state index contributed by atoms with van der Waals surface area (Å²) in [6, 6.07) is 23.5. The molecule has 4 aliphatic rings. The minimum Gasteiger partial charge on any atom is -0.343 e. The first kappa shape index (κ1) is 59.3. The number of fused-ring (bicyclic) bond motifs is 2. The Morgan fingerprint density at radius 1 is 0.512 bits per heavy atom. The number of nitrogens with zero attached hydrogens (tertiary/aromatic N) is 8. The Balaban J connectivity index is 0.734. The van der Waals surface area contributed by atoms with Crippen LogP contribution in [0.3, 0.4) is 0 Å². The van der Waals surface area contributed by atoms with E-state index in [0.29, 0.717) is 50.2 Å². The molecule has 20 heteroatoms. The van der Waals surface area contributed by atoms with Crippen molar-refractivity contribution in [1.82, 2.24) is 71.7 Å². The maximum absolute atomic E-state index is 14.3. The van der Waals surface area contributed by atoms with Gasteiger partial charge in [-0.05, 0) is 140 Å². The Hall–Kier alpha value is -7.32. The summed E-state index contributed by atoms with van der Waals surface area (Å²) in [6.07, 6.45) is 18.2. The van der Waals surface area contributed by atoms with E-state index in [0.717, 1.165) is 101 Å². The predicted molar refractivity (Wildman–Crippen MR) is 310 cm³/mol. The third kappa shape index (κ3) is 14.8. The molecule has 6 heterocycles. The summed E-state index contributed by atoms with van der Waals surface area (Å²) in [5, 5.41) is 36.4. The number of aryl methyl sites for hydroxylation is 4. The molecule has 6 N–H and O–H groups in total. The molecule has 82 heavy (non-hydrogen) atoms. The van der Waals surface area contributed by atoms with Crippen LogP contribution < -0.4 is 31.9 Å². The number of hydrogen-bond donors (Lipinski definition) is 6. The van der Waals surface area contributed by atoms with Crippen molar-refractivity contribution in [3.8, 4) is 0 Å². The Morgan fingerprint density at radius 3 is 1.29 bits per heavy atom. The van der Waals surface area contributed by atoms with Gasteiger partial charge in [-0.1, -0.05) is 121 Å². The third-order valence-electron chi connectivity index (χ3n) is 17.3. The van der Waals surface area contributed by atoms with Crippen LogP contribution in [-0.2, 0) is 54.7 Å². The van der Waals surface area contributed by atoms with Crippen LogP contribution in [0.2, 0.25) is 0 Å². The number of rotatable bonds is 24. The highest BCUT2D eigenvalue weighted by atomic mass is 16.2. The van der Waals surface area contributed by atoms with Gasteiger partial charge in [0, 0.05) is 25.2 Å². The van der Waals surface area contributed by atoms with Gasteiger partial charge in [0.2, 0.25) is 35.4 Å². The monoisotopic (exact) mass is 1120 g/mol. The van der Waals surface area contributed by atoms with Gasteiger partial charge in [-0.15, -0.1) is 10.2 Å². The van der Waals surface area contributed by atoms with Crippen LogP contribution in [0.5, 0.6) is 0 Å². The van der Waals surface area contributed by atoms with Gasteiger partial charge < -0.3 is 41.7 Å². The zero-order chi connectivity index (χ0) is 57.5. The topological polar surface area (TPSA) is 242 Å². The number of carbonyl (C=O) groups excluding carboxylic acids is 6. The molecular weight excluding hydrogens is 1040 g/mol. The van der Waals surface area contributed by atoms with E-state index >= 15 is 0 Å². The first-order valence-corrected chi connectivity index (χ1v) is 30.1. The summed E-state index contributed by atoms with van der Waals surface area (Å²) in [5.74, 6) is -1.31. The number of unbranched alkanes of at least 4 members (excludes halogenated alkanes) is 2. The second-order valence-corrected chi connectivity index (χ2v) is 22.9. The number of nitrogens with one attached hydrogen (secondary N) is 6. The first-order chi connectivity index (χ1) is 39.9. The van der Waals surface area contributed by atoms with E-state index in [4.69, 9.17) is 0 Å². The van der Waals surface area contributed by atoms with Gasteiger partial charge in [-0.2, -0.15) is 0 Å². The predicted octanol–water partition coefficient (Wildman–Crippen LogP) is 5.38. The largest absolute Gasteiger partial charge is 0.343 e. The van der Waals surface area contributed by atoms with E-state index < -0.39 is 48.3 Å². The van der Waals surface area contributed by atoms with Gasteiger partial charge >= 0.3 is 0 Å². The van der Waals surface area contributed by atoms with Crippen LogP contribution in [0, 0.1) is 0 Å². The van der Waals surface area contributed by atoms with E-state index in [2.05, 4.69) is 76.8 Å². The highest BCUT2D eigenvalue weighted by Crippen LogP contribution is 2.34. The maximum Gasteiger partial charge on any atom is 0.246 e. The lowest BCUT2D eigenvalue weighted by Gasteiger charge is -2.36. The fourth-order valence-corrected chi connectivity index (χ4v) is 12.3. The molecule has 4 saturated heterocycles. The second kappa shape index (κ2) is 28.6. The van der Waals surface area contributed by atoms with Crippen LogP contribution in [0.15, 0.2) is 97.3 Å². The highest BCUT2D eigenvalue weighted by Gasteiger charge is 2.46. The molecular formula is C62H84N14O6. The number of carbonyl (C=O) groups is 6. The lowest BCUT2D eigenvalue weighted by molar-refractivity contribution is -0.144. The molecule has 0 saturated carbocycles. The van der Waals surface area contributed by atoms with Crippen molar-refractivity contribution in [1.29, 1.82) is 0 Å². The van der Waals surface area contributed by atoms with Gasteiger partial charge in [0.15, 0.2) is 0 Å². The normalized spacial score (nSPS) is 22.5. The molecule has 0 radical (unpaired) electrons. The van der Waals surface area contributed by atoms with Gasteiger partial charge in [0.05, 0.1) is 36.6 Å². The van der Waals surface area contributed by atoms with Gasteiger partial charge in [0.25, 0.3) is 0 Å². The summed E-state index contributed by atoms with van der Waals surface area (Å²) < 4.78 is 3.68. The van der Waals surface area contributed by atoms with E-state index in [1.54, 1.807) is 37.7 Å². The molecule has 3 aromatic carbocycles. The lowest BCUT2D eigenvalue weighted by Crippen LogP contribution is -2.58. The molecule has 0 spiro atoms. The molecule has 6 amide bonds. The Labute approximate surface area is 482 Å². The van der Waals surface area contributed by atoms with Crippen LogP contribution >= 0.6 is 0 Å². The van der Waals surface area contributed by atoms with Crippen LogP contribution in [0.25, 0.3) is 0 Å². The van der Waals surface area contributed by atoms with Gasteiger partial charge in [-0.3, -0.25) is 38.1 Å². The number of likely N-dealkylation sites (N-methyl/N-ethyl adjacent to an activating group) is 2. The van der Waals surface area contributed by atoms with Crippen LogP contribution in [-0.4, -0.2) is 138 Å². The molecule has 9 rings (SSSR count). The Morgan fingerprint density at radius 2 is 0.902 bits per heavy atom. The summed E-state index contributed by atoms with van der Waals surface area (Å²) in [5.41, 5.74) is 5.53. The van der Waals surface area contributed by atoms with Crippen molar-refractivity contribution < 1.29 is 28.8 Å². The number of amides is 6. The molecule has 2 aromatic heterocycles. The number of aromatic nitrogens is 6. The highest BCUT2D eigenvalue weighted by molar-refractivity contribution is 5.95. The van der Waals surface area contributed by atoms with Crippen LogP contribution in [0.4, 0.5) is 0 Å². The molecule has 0 aliphatic carbocycles. The number of hydrogen-bond acceptors (Lipinski definition) is 12. The Bertz CT molecular complexity index is 2720. The fourth-order valence-electron chi connectivity index (χ4n) is 12.3. The summed E-state index contributed by atoms with van der Waals surface area (Å²) in [7, 11) is 3.43. The first-order valence-electron chi connectivity index (χ1n) is 30.1. The molecule has 20 nitrogen and oxygen atoms in total. The van der Waals surface area contributed by atoms with Gasteiger partial charge in [-0.25, -0.2) is 0 Å². The smallest absolute Gasteiger partial charge is 0.246 e. The molecule has 438 valence electrons. The van der Waals surface area contributed by atoms with E-state index in [-0.39, 0.29) is 47.5 Å². The minimum atomic E-state index is -0.676. The van der Waals surface area contributed by atoms with Gasteiger partial charge in [0.1, 0.15) is 35.6 Å². The zero-order valence-electron chi connectivity index (χ0n) is 48.2. The molecule has 4 aliphatic heterocycles. The zero-order valence-corrected chi connectivity index (χ0v) is 48.2. The number of benzene rings is 3. The standard InChI is InChI=1S/C62H84N14O6/c1-41(63-3)57(77)65-49-27-13-11-25-47-33-35-53(75(47)61(49)81)59(79)67-55(45-21-7-5-8-22-45)51-39-73(71-69-51)37-17-15-19-43-29-31-44(32-30-43)20-16-18-38-74-40-52(70-72-74)56(46-23-9-6-10-24-46)68-60(80)54-36-34-48-26-12-14-28-50(62(82)76(48)54)66-58(78)42(2)64-4/h5-10,21-24,29-32,39-42,47-50,53-56,63-64H,11-20,25-28,33-38H2,1-4H3,(H,65,77)(H,66,78)(H,67,79)(H,68,80)/t41-,42+,47-,48-,49-,50-,53-,54-,55-,56-/m0/s1. The molecule has 5 aromatic rings. The summed E-state index contributed by atoms with van der Waals surface area (Å²) in [4.78, 5) is 86.0. The van der Waals surface area contributed by atoms with Crippen molar-refractivity contribution in [3.63, 3.8) is 0 Å². The minimum absolute atomic E-state index is 0.0483. The van der Waals surface area contributed by atoms with Crippen molar-refractivity contribution in [3.05, 3.63) is 131 Å². The second-order valence-electron chi connectivity index (χ2n) is 22.9. The van der Waals surface area contributed by atoms with Crippen LogP contribution in [0.1, 0.15) is 162 Å². The quantitative estimate of drug-likeness (QED) is 0.0427. The van der Waals surface area contributed by atoms with Crippen molar-refractivity contribution in [2.24, 2.45) is 0 Å². The maximum atomic E-state index is 14.3. The van der Waals surface area contributed by atoms with E-state index in [1.165, 1.54) is 11.1 Å². The SMILES string of the molecule is CN[C@@H](C)C(=O)N[C@H]1CCCC[C@H]2CC[C@@H](C(=O)N[C@@H](c3ccccc3)c3cn(CCCCc4ccc(CCCCn5cc([C@@H](NC(=O)[C@@H]6CC[C@@H]7CCCC[C@H](NC(=O)[C@@H](C)NC)C(=O)N76)c6ccccc6)nn5)cc4)nn3)N2C1=O. The molecule has 10 atom stereocenters. The average Bonchev–Trinajstić information content (AvgIpc) is 4.39. The molecule has 0 bridgehead atoms. The molecule has 4 fully saturated rings. The summed E-state index contributed by atoms with van der Waals surface area (Å²) in [6.45, 7) is 4.86. The molecule has 0 unspecified atom stereocenters. The van der Waals surface area contributed by atoms with Crippen molar-refractivity contribution in [2.45, 2.75) is 203 Å². The third-order valence-corrected chi connectivity index (χ3v) is 17.3. The van der Waals surface area contributed by atoms with Crippen molar-refractivity contribution in [2.75, 3.05) is 14.1 Å². The lowest BCUT2D eigenvalue weighted by atomic mass is 9.98. The van der Waals surface area contributed by atoms with E-state index in [1.807, 2.05) is 82.4 Å².